The average molecular weight is 409 g/mol. The fraction of sp³-hybridized carbons (Fsp3) is 0.524. The topological polar surface area (TPSA) is 38.1 Å². The molecule has 8 heteroatoms. The van der Waals surface area contributed by atoms with Gasteiger partial charge < -0.3 is 4.90 Å². The van der Waals surface area contributed by atoms with Crippen LogP contribution in [0.2, 0.25) is 0 Å². The second-order valence-electron chi connectivity index (χ2n) is 8.07. The summed E-state index contributed by atoms with van der Waals surface area (Å²) >= 11 is 0. The van der Waals surface area contributed by atoms with Crippen molar-refractivity contribution in [2.24, 2.45) is 0 Å². The van der Waals surface area contributed by atoms with Gasteiger partial charge in [0.05, 0.1) is 11.7 Å². The van der Waals surface area contributed by atoms with Crippen LogP contribution in [-0.2, 0) is 17.5 Å². The second-order valence-corrected chi connectivity index (χ2v) is 8.07. The predicted molar refractivity (Wildman–Crippen MR) is 98.8 cm³/mol. The summed E-state index contributed by atoms with van der Waals surface area (Å²) < 4.78 is 55.0. The molecule has 1 aromatic carbocycles. The first kappa shape index (κ1) is 19.9. The second kappa shape index (κ2) is 7.15. The van der Waals surface area contributed by atoms with Gasteiger partial charge in [0.25, 0.3) is 0 Å². The van der Waals surface area contributed by atoms with Crippen LogP contribution >= 0.6 is 0 Å². The van der Waals surface area contributed by atoms with E-state index in [2.05, 4.69) is 5.10 Å². The minimum atomic E-state index is -4.57. The molecule has 156 valence electrons. The Bertz CT molecular complexity index is 946. The van der Waals surface area contributed by atoms with E-state index in [4.69, 9.17) is 0 Å². The van der Waals surface area contributed by atoms with Gasteiger partial charge in [-0.15, -0.1) is 0 Å². The van der Waals surface area contributed by atoms with Crippen LogP contribution in [0.1, 0.15) is 65.7 Å². The number of alkyl halides is 3. The van der Waals surface area contributed by atoms with Crippen molar-refractivity contribution in [3.8, 4) is 0 Å². The van der Waals surface area contributed by atoms with Crippen LogP contribution in [-0.4, -0.2) is 27.1 Å². The van der Waals surface area contributed by atoms with Gasteiger partial charge in [-0.1, -0.05) is 0 Å². The Balaban J connectivity index is 1.60. The van der Waals surface area contributed by atoms with Crippen LogP contribution in [0.25, 0.3) is 0 Å². The number of carbonyl (C=O) groups is 1. The quantitative estimate of drug-likeness (QED) is 0.674. The zero-order chi connectivity index (χ0) is 20.9. The number of benzene rings is 1. The third-order valence-electron chi connectivity index (χ3n) is 5.97. The lowest BCUT2D eigenvalue weighted by Crippen LogP contribution is -2.35. The van der Waals surface area contributed by atoms with E-state index < -0.39 is 24.3 Å². The standard InChI is InChI=1S/C21H23F4N3O/c1-12-8-15(22)9-16(13(12)2)18-4-3-7-27(18)20(29)11-28-19(21(23,24)25)10-17(26-28)14-5-6-14/h8-10,14,18H,3-7,11H2,1-2H3/t18-/m1/s1. The van der Waals surface area contributed by atoms with Crippen molar-refractivity contribution in [2.45, 2.75) is 64.2 Å². The molecule has 1 aromatic heterocycles. The summed E-state index contributed by atoms with van der Waals surface area (Å²) in [4.78, 5) is 14.5. The molecule has 0 spiro atoms. The van der Waals surface area contributed by atoms with Gasteiger partial charge in [0.15, 0.2) is 0 Å². The van der Waals surface area contributed by atoms with Crippen molar-refractivity contribution in [2.75, 3.05) is 6.54 Å². The van der Waals surface area contributed by atoms with Crippen LogP contribution in [0, 0.1) is 19.7 Å². The van der Waals surface area contributed by atoms with Crippen LogP contribution in [0.3, 0.4) is 0 Å². The number of likely N-dealkylation sites (tertiary alicyclic amines) is 1. The number of nitrogens with zero attached hydrogens (tertiary/aromatic N) is 3. The van der Waals surface area contributed by atoms with Gasteiger partial charge in [-0.25, -0.2) is 4.39 Å². The number of carbonyl (C=O) groups excluding carboxylic acids is 1. The van der Waals surface area contributed by atoms with Crippen molar-refractivity contribution in [1.29, 1.82) is 0 Å². The summed E-state index contributed by atoms with van der Waals surface area (Å²) in [6.07, 6.45) is -1.53. The molecule has 1 aliphatic carbocycles. The Labute approximate surface area is 166 Å². The Morgan fingerprint density at radius 3 is 2.55 bits per heavy atom. The number of amides is 1. The van der Waals surface area contributed by atoms with Crippen molar-refractivity contribution in [1.82, 2.24) is 14.7 Å². The van der Waals surface area contributed by atoms with E-state index >= 15 is 0 Å². The van der Waals surface area contributed by atoms with Gasteiger partial charge in [-0.2, -0.15) is 18.3 Å². The first-order valence-corrected chi connectivity index (χ1v) is 9.86. The van der Waals surface area contributed by atoms with Gasteiger partial charge in [-0.3, -0.25) is 9.48 Å². The smallest absolute Gasteiger partial charge is 0.334 e. The number of halogens is 4. The van der Waals surface area contributed by atoms with Gasteiger partial charge in [0.1, 0.15) is 18.1 Å². The number of aryl methyl sites for hydroxylation is 1. The molecule has 4 nitrogen and oxygen atoms in total. The third-order valence-corrected chi connectivity index (χ3v) is 5.97. The maximum atomic E-state index is 14.0. The molecule has 0 unspecified atom stereocenters. The molecule has 0 N–H and O–H groups in total. The maximum Gasteiger partial charge on any atom is 0.433 e. The molecule has 1 saturated heterocycles. The zero-order valence-electron chi connectivity index (χ0n) is 16.4. The van der Waals surface area contributed by atoms with Crippen molar-refractivity contribution in [3.05, 3.63) is 52.1 Å². The molecule has 4 rings (SSSR count). The molecule has 2 heterocycles. The molecule has 29 heavy (non-hydrogen) atoms. The van der Waals surface area contributed by atoms with E-state index in [1.165, 1.54) is 12.1 Å². The minimum absolute atomic E-state index is 0.0601. The molecule has 2 fully saturated rings. The Morgan fingerprint density at radius 1 is 1.17 bits per heavy atom. The summed E-state index contributed by atoms with van der Waals surface area (Å²) in [5.74, 6) is -0.738. The highest BCUT2D eigenvalue weighted by Crippen LogP contribution is 2.42. The molecule has 2 aliphatic rings. The van der Waals surface area contributed by atoms with Gasteiger partial charge in [-0.05, 0) is 74.4 Å². The van der Waals surface area contributed by atoms with Gasteiger partial charge in [0.2, 0.25) is 5.91 Å². The Morgan fingerprint density at radius 2 is 1.90 bits per heavy atom. The molecule has 1 amide bonds. The Kier molecular flexibility index (Phi) is 4.91. The fourth-order valence-corrected chi connectivity index (χ4v) is 4.16. The van der Waals surface area contributed by atoms with E-state index in [9.17, 15) is 22.4 Å². The monoisotopic (exact) mass is 409 g/mol. The minimum Gasteiger partial charge on any atom is -0.334 e. The van der Waals surface area contributed by atoms with Crippen molar-refractivity contribution < 1.29 is 22.4 Å². The van der Waals surface area contributed by atoms with Crippen molar-refractivity contribution in [3.63, 3.8) is 0 Å². The lowest BCUT2D eigenvalue weighted by Gasteiger charge is -2.27. The van der Waals surface area contributed by atoms with Crippen molar-refractivity contribution >= 4 is 5.91 Å². The lowest BCUT2D eigenvalue weighted by molar-refractivity contribution is -0.146. The molecule has 1 aliphatic heterocycles. The average Bonchev–Trinajstić information content (AvgIpc) is 3.20. The first-order chi connectivity index (χ1) is 13.6. The highest BCUT2D eigenvalue weighted by Gasteiger charge is 2.39. The molecule has 2 aromatic rings. The highest BCUT2D eigenvalue weighted by molar-refractivity contribution is 5.77. The van der Waals surface area contributed by atoms with Gasteiger partial charge >= 0.3 is 6.18 Å². The fourth-order valence-electron chi connectivity index (χ4n) is 4.16. The predicted octanol–water partition coefficient (Wildman–Crippen LogP) is 4.90. The number of hydrogen-bond acceptors (Lipinski definition) is 2. The number of aromatic nitrogens is 2. The van der Waals surface area contributed by atoms with Crippen LogP contribution in [0.5, 0.6) is 0 Å². The summed E-state index contributed by atoms with van der Waals surface area (Å²) in [5.41, 5.74) is 1.94. The highest BCUT2D eigenvalue weighted by atomic mass is 19.4. The van der Waals surface area contributed by atoms with E-state index in [1.807, 2.05) is 13.8 Å². The van der Waals surface area contributed by atoms with E-state index in [-0.39, 0.29) is 17.8 Å². The number of rotatable bonds is 4. The maximum absolute atomic E-state index is 14.0. The summed E-state index contributed by atoms with van der Waals surface area (Å²) in [5, 5.41) is 4.08. The van der Waals surface area contributed by atoms with Crippen LogP contribution in [0.4, 0.5) is 17.6 Å². The summed E-state index contributed by atoms with van der Waals surface area (Å²) in [6.45, 7) is 3.66. The van der Waals surface area contributed by atoms with E-state index in [0.29, 0.717) is 18.7 Å². The largest absolute Gasteiger partial charge is 0.433 e. The molecule has 1 saturated carbocycles. The normalized spacial score (nSPS) is 19.8. The molecule has 0 radical (unpaired) electrons. The Hall–Kier alpha value is -2.38. The van der Waals surface area contributed by atoms with Crippen LogP contribution in [0.15, 0.2) is 18.2 Å². The van der Waals surface area contributed by atoms with E-state index in [1.54, 1.807) is 4.90 Å². The molecular formula is C21H23F4N3O. The SMILES string of the molecule is Cc1cc(F)cc([C@H]2CCCN2C(=O)Cn2nc(C3CC3)cc2C(F)(F)F)c1C. The van der Waals surface area contributed by atoms with Gasteiger partial charge in [0, 0.05) is 12.5 Å². The summed E-state index contributed by atoms with van der Waals surface area (Å²) in [7, 11) is 0. The summed E-state index contributed by atoms with van der Waals surface area (Å²) in [6, 6.07) is 3.61. The zero-order valence-corrected chi connectivity index (χ0v) is 16.4. The molecule has 0 bridgehead atoms. The van der Waals surface area contributed by atoms with Crippen LogP contribution < -0.4 is 0 Å². The molecular weight excluding hydrogens is 386 g/mol. The first-order valence-electron chi connectivity index (χ1n) is 9.86. The lowest BCUT2D eigenvalue weighted by atomic mass is 9.95. The molecule has 1 atom stereocenters. The third kappa shape index (κ3) is 3.89. The number of hydrogen-bond donors (Lipinski definition) is 0. The van der Waals surface area contributed by atoms with E-state index in [0.717, 1.165) is 46.7 Å².